The lowest BCUT2D eigenvalue weighted by Gasteiger charge is -2.32. The minimum absolute atomic E-state index is 0.0642. The third-order valence-corrected chi connectivity index (χ3v) is 4.50. The number of ether oxygens (including phenoxy) is 2. The van der Waals surface area contributed by atoms with E-state index in [4.69, 9.17) is 9.47 Å². The fourth-order valence-corrected chi connectivity index (χ4v) is 2.98. The van der Waals surface area contributed by atoms with Gasteiger partial charge in [-0.15, -0.1) is 0 Å². The van der Waals surface area contributed by atoms with Crippen LogP contribution in [0.1, 0.15) is 25.5 Å². The molecule has 1 aromatic carbocycles. The van der Waals surface area contributed by atoms with Crippen molar-refractivity contribution in [2.24, 2.45) is 0 Å². The van der Waals surface area contributed by atoms with E-state index in [1.165, 1.54) is 0 Å². The molecule has 2 N–H and O–H groups in total. The van der Waals surface area contributed by atoms with E-state index in [2.05, 4.69) is 15.5 Å². The minimum atomic E-state index is -0.114. The van der Waals surface area contributed by atoms with Gasteiger partial charge in [0, 0.05) is 26.2 Å². The predicted octanol–water partition coefficient (Wildman–Crippen LogP) is 0.929. The van der Waals surface area contributed by atoms with Gasteiger partial charge in [-0.3, -0.25) is 9.69 Å². The molecule has 1 aromatic rings. The van der Waals surface area contributed by atoms with Crippen molar-refractivity contribution < 1.29 is 14.3 Å². The quantitative estimate of drug-likeness (QED) is 0.864. The number of rotatable bonds is 4. The second-order valence-corrected chi connectivity index (χ2v) is 6.10. The molecule has 0 aliphatic carbocycles. The van der Waals surface area contributed by atoms with Gasteiger partial charge < -0.3 is 20.1 Å². The van der Waals surface area contributed by atoms with Crippen molar-refractivity contribution in [3.8, 4) is 11.5 Å². The zero-order chi connectivity index (χ0) is 16.2. The van der Waals surface area contributed by atoms with Gasteiger partial charge in [0.2, 0.25) is 5.91 Å². The first-order valence-corrected chi connectivity index (χ1v) is 8.30. The van der Waals surface area contributed by atoms with Crippen LogP contribution in [0.3, 0.4) is 0 Å². The molecule has 126 valence electrons. The van der Waals surface area contributed by atoms with E-state index in [0.29, 0.717) is 13.2 Å². The van der Waals surface area contributed by atoms with Crippen LogP contribution in [0.15, 0.2) is 18.2 Å². The highest BCUT2D eigenvalue weighted by Crippen LogP contribution is 2.32. The van der Waals surface area contributed by atoms with Crippen molar-refractivity contribution in [2.75, 3.05) is 39.4 Å². The van der Waals surface area contributed by atoms with Gasteiger partial charge in [0.05, 0.1) is 12.1 Å². The van der Waals surface area contributed by atoms with Crippen LogP contribution in [0.4, 0.5) is 0 Å². The highest BCUT2D eigenvalue weighted by Gasteiger charge is 2.24. The highest BCUT2D eigenvalue weighted by atomic mass is 16.6. The Labute approximate surface area is 137 Å². The molecule has 2 aliphatic rings. The summed E-state index contributed by atoms with van der Waals surface area (Å²) in [5, 5.41) is 6.41. The van der Waals surface area contributed by atoms with Gasteiger partial charge in [0.1, 0.15) is 13.2 Å². The van der Waals surface area contributed by atoms with E-state index in [9.17, 15) is 4.79 Å². The van der Waals surface area contributed by atoms with Crippen LogP contribution in [0.2, 0.25) is 0 Å². The molecule has 2 unspecified atom stereocenters. The van der Waals surface area contributed by atoms with Crippen molar-refractivity contribution in [2.45, 2.75) is 25.9 Å². The first-order valence-electron chi connectivity index (χ1n) is 8.30. The zero-order valence-corrected chi connectivity index (χ0v) is 13.8. The zero-order valence-electron chi connectivity index (χ0n) is 13.8. The summed E-state index contributed by atoms with van der Waals surface area (Å²) in [6.45, 7) is 8.81. The maximum Gasteiger partial charge on any atom is 0.237 e. The molecule has 0 bridgehead atoms. The lowest BCUT2D eigenvalue weighted by atomic mass is 10.1. The number of nitrogens with zero attached hydrogens (tertiary/aromatic N) is 1. The molecule has 23 heavy (non-hydrogen) atoms. The molecule has 6 heteroatoms. The van der Waals surface area contributed by atoms with E-state index in [1.807, 2.05) is 32.0 Å². The maximum atomic E-state index is 12.5. The Morgan fingerprint density at radius 3 is 2.61 bits per heavy atom. The van der Waals surface area contributed by atoms with Crippen molar-refractivity contribution in [3.63, 3.8) is 0 Å². The second kappa shape index (κ2) is 7.19. The molecule has 1 fully saturated rings. The van der Waals surface area contributed by atoms with Gasteiger partial charge in [0.25, 0.3) is 0 Å². The normalized spacial score (nSPS) is 20.6. The topological polar surface area (TPSA) is 62.8 Å². The van der Waals surface area contributed by atoms with Crippen molar-refractivity contribution in [1.82, 2.24) is 15.5 Å². The highest BCUT2D eigenvalue weighted by molar-refractivity contribution is 5.81. The van der Waals surface area contributed by atoms with Crippen LogP contribution in [0.25, 0.3) is 0 Å². The Morgan fingerprint density at radius 1 is 1.17 bits per heavy atom. The first kappa shape index (κ1) is 16.1. The summed E-state index contributed by atoms with van der Waals surface area (Å²) in [4.78, 5) is 14.7. The number of hydrogen-bond acceptors (Lipinski definition) is 5. The van der Waals surface area contributed by atoms with Crippen LogP contribution in [0, 0.1) is 0 Å². The van der Waals surface area contributed by atoms with Gasteiger partial charge in [-0.1, -0.05) is 6.07 Å². The summed E-state index contributed by atoms with van der Waals surface area (Å²) in [6.07, 6.45) is 0. The molecular formula is C17H25N3O3. The number of piperazine rings is 1. The van der Waals surface area contributed by atoms with Gasteiger partial charge >= 0.3 is 0 Å². The van der Waals surface area contributed by atoms with Crippen LogP contribution >= 0.6 is 0 Å². The van der Waals surface area contributed by atoms with Gasteiger partial charge in [-0.05, 0) is 31.5 Å². The Kier molecular flexibility index (Phi) is 5.03. The summed E-state index contributed by atoms with van der Waals surface area (Å²) in [7, 11) is 0. The third kappa shape index (κ3) is 3.76. The number of carbonyl (C=O) groups is 1. The average molecular weight is 319 g/mol. The largest absolute Gasteiger partial charge is 0.486 e. The Hall–Kier alpha value is -1.79. The molecule has 2 heterocycles. The molecule has 2 atom stereocenters. The van der Waals surface area contributed by atoms with Crippen LogP contribution < -0.4 is 20.1 Å². The molecule has 0 radical (unpaired) electrons. The van der Waals surface area contributed by atoms with Crippen LogP contribution in [0.5, 0.6) is 11.5 Å². The first-order chi connectivity index (χ1) is 11.1. The molecular weight excluding hydrogens is 294 g/mol. The second-order valence-electron chi connectivity index (χ2n) is 6.10. The summed E-state index contributed by atoms with van der Waals surface area (Å²) < 4.78 is 11.1. The summed E-state index contributed by atoms with van der Waals surface area (Å²) in [6, 6.07) is 5.66. The molecule has 3 rings (SSSR count). The molecule has 0 saturated carbocycles. The number of carbonyl (C=O) groups excluding carboxylic acids is 1. The number of nitrogens with one attached hydrogen (secondary N) is 2. The molecule has 0 spiro atoms. The molecule has 6 nitrogen and oxygen atoms in total. The van der Waals surface area contributed by atoms with Crippen molar-refractivity contribution >= 4 is 5.91 Å². The van der Waals surface area contributed by atoms with E-state index in [1.54, 1.807) is 0 Å². The van der Waals surface area contributed by atoms with Crippen molar-refractivity contribution in [1.29, 1.82) is 0 Å². The maximum absolute atomic E-state index is 12.5. The Bertz CT molecular complexity index is 558. The SMILES string of the molecule is CC(NC(=O)C(C)N1CCNCC1)c1ccc2c(c1)OCCO2. The number of benzene rings is 1. The monoisotopic (exact) mass is 319 g/mol. The molecule has 2 aliphatic heterocycles. The predicted molar refractivity (Wildman–Crippen MR) is 87.9 cm³/mol. The fourth-order valence-electron chi connectivity index (χ4n) is 2.98. The summed E-state index contributed by atoms with van der Waals surface area (Å²) in [5.74, 6) is 1.59. The summed E-state index contributed by atoms with van der Waals surface area (Å²) in [5.41, 5.74) is 1.02. The molecule has 0 aromatic heterocycles. The fraction of sp³-hybridized carbons (Fsp3) is 0.588. The molecule has 1 amide bonds. The Balaban J connectivity index is 1.61. The van der Waals surface area contributed by atoms with E-state index >= 15 is 0 Å². The van der Waals surface area contributed by atoms with Gasteiger partial charge in [-0.25, -0.2) is 0 Å². The average Bonchev–Trinajstić information content (AvgIpc) is 2.61. The van der Waals surface area contributed by atoms with E-state index < -0.39 is 0 Å². The van der Waals surface area contributed by atoms with E-state index in [0.717, 1.165) is 43.2 Å². The number of hydrogen-bond donors (Lipinski definition) is 2. The summed E-state index contributed by atoms with van der Waals surface area (Å²) >= 11 is 0. The van der Waals surface area contributed by atoms with Gasteiger partial charge in [0.15, 0.2) is 11.5 Å². The standard InChI is InChI=1S/C17H25N3O3/c1-12(14-3-4-15-16(11-14)23-10-9-22-15)19-17(21)13(2)20-7-5-18-6-8-20/h3-4,11-13,18H,5-10H2,1-2H3,(H,19,21). The van der Waals surface area contributed by atoms with E-state index in [-0.39, 0.29) is 18.0 Å². The lowest BCUT2D eigenvalue weighted by Crippen LogP contribution is -2.52. The number of amides is 1. The number of fused-ring (bicyclic) bond motifs is 1. The Morgan fingerprint density at radius 2 is 1.87 bits per heavy atom. The lowest BCUT2D eigenvalue weighted by molar-refractivity contribution is -0.126. The van der Waals surface area contributed by atoms with Crippen LogP contribution in [-0.2, 0) is 4.79 Å². The minimum Gasteiger partial charge on any atom is -0.486 e. The van der Waals surface area contributed by atoms with Crippen LogP contribution in [-0.4, -0.2) is 56.2 Å². The van der Waals surface area contributed by atoms with Crippen molar-refractivity contribution in [3.05, 3.63) is 23.8 Å². The smallest absolute Gasteiger partial charge is 0.237 e. The third-order valence-electron chi connectivity index (χ3n) is 4.50. The van der Waals surface area contributed by atoms with Gasteiger partial charge in [-0.2, -0.15) is 0 Å². The molecule has 1 saturated heterocycles.